The van der Waals surface area contributed by atoms with Crippen LogP contribution >= 0.6 is 0 Å². The maximum atomic E-state index is 12.9. The summed E-state index contributed by atoms with van der Waals surface area (Å²) in [5.74, 6) is -0.136. The van der Waals surface area contributed by atoms with Crippen LogP contribution in [0.2, 0.25) is 0 Å². The number of hydrogen-bond donors (Lipinski definition) is 1. The number of carbonyl (C=O) groups excluding carboxylic acids is 1. The first kappa shape index (κ1) is 23.1. The highest BCUT2D eigenvalue weighted by Crippen LogP contribution is 2.42. The van der Waals surface area contributed by atoms with E-state index in [1.807, 2.05) is 58.0 Å². The van der Waals surface area contributed by atoms with E-state index in [1.165, 1.54) is 14.0 Å². The van der Waals surface area contributed by atoms with Crippen LogP contribution in [0.4, 0.5) is 0 Å². The fourth-order valence-electron chi connectivity index (χ4n) is 3.85. The molecule has 1 atom stereocenters. The maximum Gasteiger partial charge on any atom is 0.240 e. The molecular formula is C25H29NO4S. The van der Waals surface area contributed by atoms with Crippen molar-refractivity contribution in [1.82, 2.24) is 4.72 Å². The lowest BCUT2D eigenvalue weighted by molar-refractivity contribution is -0.138. The van der Waals surface area contributed by atoms with Crippen molar-refractivity contribution in [3.8, 4) is 11.1 Å². The van der Waals surface area contributed by atoms with Crippen molar-refractivity contribution < 1.29 is 17.9 Å². The average Bonchev–Trinajstić information content (AvgIpc) is 2.70. The largest absolute Gasteiger partial charge is 0.360 e. The molecule has 0 saturated heterocycles. The molecule has 0 aromatic heterocycles. The van der Waals surface area contributed by atoms with E-state index < -0.39 is 21.7 Å². The lowest BCUT2D eigenvalue weighted by Crippen LogP contribution is -2.27. The second-order valence-electron chi connectivity index (χ2n) is 8.63. The Hall–Kier alpha value is -2.54. The van der Waals surface area contributed by atoms with Gasteiger partial charge in [-0.3, -0.25) is 4.79 Å². The summed E-state index contributed by atoms with van der Waals surface area (Å²) >= 11 is 0. The van der Waals surface area contributed by atoms with Crippen LogP contribution in [0.5, 0.6) is 0 Å². The van der Waals surface area contributed by atoms with Crippen LogP contribution in [0.25, 0.3) is 21.9 Å². The Morgan fingerprint density at radius 1 is 1.03 bits per heavy atom. The first-order chi connectivity index (χ1) is 14.5. The first-order valence-corrected chi connectivity index (χ1v) is 11.7. The number of Topliss-reactive ketones (excluding diaryl/α,β-unsaturated/α-hetero) is 1. The molecule has 3 aromatic carbocycles. The van der Waals surface area contributed by atoms with E-state index >= 15 is 0 Å². The molecular weight excluding hydrogens is 410 g/mol. The van der Waals surface area contributed by atoms with Crippen LogP contribution in [0.3, 0.4) is 0 Å². The molecule has 0 aliphatic rings. The molecule has 3 rings (SSSR count). The van der Waals surface area contributed by atoms with Gasteiger partial charge >= 0.3 is 0 Å². The van der Waals surface area contributed by atoms with Crippen molar-refractivity contribution in [3.63, 3.8) is 0 Å². The Morgan fingerprint density at radius 2 is 1.65 bits per heavy atom. The van der Waals surface area contributed by atoms with Crippen LogP contribution in [0.15, 0.2) is 59.5 Å². The fourth-order valence-corrected chi connectivity index (χ4v) is 4.79. The van der Waals surface area contributed by atoms with Gasteiger partial charge in [0.25, 0.3) is 0 Å². The molecule has 0 radical (unpaired) electrons. The van der Waals surface area contributed by atoms with Crippen molar-refractivity contribution in [2.75, 3.05) is 7.05 Å². The van der Waals surface area contributed by atoms with Crippen LogP contribution in [0, 0.1) is 6.92 Å². The van der Waals surface area contributed by atoms with E-state index in [0.29, 0.717) is 16.7 Å². The van der Waals surface area contributed by atoms with E-state index in [9.17, 15) is 13.2 Å². The molecule has 0 aliphatic heterocycles. The fraction of sp³-hybridized carbons (Fsp3) is 0.320. The second kappa shape index (κ2) is 8.54. The summed E-state index contributed by atoms with van der Waals surface area (Å²) in [6.45, 7) is 9.14. The summed E-state index contributed by atoms with van der Waals surface area (Å²) in [4.78, 5) is 12.9. The predicted octanol–water partition coefficient (Wildman–Crippen LogP) is 5.17. The molecule has 0 saturated carbocycles. The number of hydrogen-bond acceptors (Lipinski definition) is 4. The summed E-state index contributed by atoms with van der Waals surface area (Å²) in [5.41, 5.74) is 2.24. The number of aryl methyl sites for hydroxylation is 1. The van der Waals surface area contributed by atoms with E-state index in [2.05, 4.69) is 4.72 Å². The number of ether oxygens (including phenoxy) is 1. The summed E-state index contributed by atoms with van der Waals surface area (Å²) in [5, 5.41) is 1.83. The van der Waals surface area contributed by atoms with E-state index in [1.54, 1.807) is 24.3 Å². The van der Waals surface area contributed by atoms with E-state index in [0.717, 1.165) is 16.3 Å². The van der Waals surface area contributed by atoms with Crippen molar-refractivity contribution in [1.29, 1.82) is 0 Å². The van der Waals surface area contributed by atoms with Crippen LogP contribution in [-0.4, -0.2) is 26.8 Å². The molecule has 0 spiro atoms. The van der Waals surface area contributed by atoms with Gasteiger partial charge in [-0.25, -0.2) is 13.1 Å². The molecule has 31 heavy (non-hydrogen) atoms. The number of carbonyl (C=O) groups is 1. The van der Waals surface area contributed by atoms with Gasteiger partial charge in [0.2, 0.25) is 10.0 Å². The highest BCUT2D eigenvalue weighted by Gasteiger charge is 2.31. The third-order valence-electron chi connectivity index (χ3n) is 5.11. The van der Waals surface area contributed by atoms with Crippen molar-refractivity contribution >= 4 is 26.6 Å². The molecule has 0 heterocycles. The predicted molar refractivity (Wildman–Crippen MR) is 125 cm³/mol. The summed E-state index contributed by atoms with van der Waals surface area (Å²) in [6, 6.07) is 16.7. The molecule has 6 heteroatoms. The zero-order valence-electron chi connectivity index (χ0n) is 18.8. The molecule has 1 N–H and O–H groups in total. The highest BCUT2D eigenvalue weighted by atomic mass is 32.2. The monoisotopic (exact) mass is 439 g/mol. The summed E-state index contributed by atoms with van der Waals surface area (Å²) in [7, 11) is -2.34. The number of nitrogens with one attached hydrogen (secondary N) is 1. The van der Waals surface area contributed by atoms with Gasteiger partial charge < -0.3 is 4.74 Å². The van der Waals surface area contributed by atoms with Gasteiger partial charge in [-0.15, -0.1) is 0 Å². The zero-order chi connectivity index (χ0) is 23.0. The van der Waals surface area contributed by atoms with Gasteiger partial charge in [-0.2, -0.15) is 0 Å². The Labute approximate surface area is 184 Å². The van der Waals surface area contributed by atoms with Crippen LogP contribution in [0.1, 0.15) is 44.9 Å². The van der Waals surface area contributed by atoms with Gasteiger partial charge in [0.15, 0.2) is 5.78 Å². The third-order valence-corrected chi connectivity index (χ3v) is 6.59. The average molecular weight is 440 g/mol. The number of ketones is 1. The topological polar surface area (TPSA) is 72.5 Å². The standard InChI is InChI=1S/C25H29NO4S/c1-16-15-18-11-7-8-12-19(18)23(22(16)24(17(2)27)30-25(3,4)5)20-13-9-10-14-21(20)31(28,29)26-6/h7-15,24,26H,1-6H3/t24-/m1/s1. The number of sulfonamides is 1. The molecule has 0 fully saturated rings. The van der Waals surface area contributed by atoms with Gasteiger partial charge in [0.1, 0.15) is 6.10 Å². The normalized spacial score (nSPS) is 13.4. The number of fused-ring (bicyclic) bond motifs is 1. The molecule has 0 amide bonds. The first-order valence-electron chi connectivity index (χ1n) is 10.2. The van der Waals surface area contributed by atoms with Gasteiger partial charge in [-0.05, 0) is 75.2 Å². The SMILES string of the molecule is CNS(=O)(=O)c1ccccc1-c1c([C@H](OC(C)(C)C)C(C)=O)c(C)cc2ccccc12. The highest BCUT2D eigenvalue weighted by molar-refractivity contribution is 7.89. The van der Waals surface area contributed by atoms with Gasteiger partial charge in [-0.1, -0.05) is 48.5 Å². The Kier molecular flexibility index (Phi) is 6.37. The summed E-state index contributed by atoms with van der Waals surface area (Å²) < 4.78 is 34.3. The minimum Gasteiger partial charge on any atom is -0.360 e. The minimum absolute atomic E-state index is 0.136. The Balaban J connectivity index is 2.50. The maximum absolute atomic E-state index is 12.9. The van der Waals surface area contributed by atoms with Gasteiger partial charge in [0, 0.05) is 5.56 Å². The van der Waals surface area contributed by atoms with Crippen LogP contribution in [-0.2, 0) is 19.6 Å². The zero-order valence-corrected chi connectivity index (χ0v) is 19.6. The van der Waals surface area contributed by atoms with Crippen molar-refractivity contribution in [2.45, 2.75) is 51.2 Å². The molecule has 5 nitrogen and oxygen atoms in total. The lowest BCUT2D eigenvalue weighted by atomic mass is 9.86. The quantitative estimate of drug-likeness (QED) is 0.575. The van der Waals surface area contributed by atoms with Crippen LogP contribution < -0.4 is 4.72 Å². The van der Waals surface area contributed by atoms with Crippen molar-refractivity contribution in [3.05, 3.63) is 65.7 Å². The number of benzene rings is 3. The van der Waals surface area contributed by atoms with E-state index in [-0.39, 0.29) is 10.7 Å². The molecule has 0 bridgehead atoms. The second-order valence-corrected chi connectivity index (χ2v) is 10.5. The van der Waals surface area contributed by atoms with Crippen molar-refractivity contribution in [2.24, 2.45) is 0 Å². The lowest BCUT2D eigenvalue weighted by Gasteiger charge is -2.30. The van der Waals surface area contributed by atoms with Gasteiger partial charge in [0.05, 0.1) is 10.5 Å². The van der Waals surface area contributed by atoms with E-state index in [4.69, 9.17) is 4.74 Å². The molecule has 3 aromatic rings. The third kappa shape index (κ3) is 4.71. The number of rotatable bonds is 6. The Bertz CT molecular complexity index is 1240. The smallest absolute Gasteiger partial charge is 0.240 e. The minimum atomic E-state index is -3.73. The molecule has 0 aliphatic carbocycles. The molecule has 164 valence electrons. The summed E-state index contributed by atoms with van der Waals surface area (Å²) in [6.07, 6.45) is -0.829. The molecule has 0 unspecified atom stereocenters. The Morgan fingerprint density at radius 3 is 2.26 bits per heavy atom.